The van der Waals surface area contributed by atoms with Crippen LogP contribution in [-0.2, 0) is 4.74 Å². The van der Waals surface area contributed by atoms with Crippen LogP contribution in [0.5, 0.6) is 0 Å². The maximum Gasteiger partial charge on any atom is 0.246 e. The van der Waals surface area contributed by atoms with E-state index in [4.69, 9.17) is 4.74 Å². The molecule has 0 saturated carbocycles. The lowest BCUT2D eigenvalue weighted by Crippen LogP contribution is -2.50. The standard InChI is InChI=1S/C23H26F2N6O/c1-16-8-19(27-23-26-15-31(28-23)22-11-17(24)10-18(25)12-22)13-21(9-16)30-5-3-29(4-6-30)20-2-7-32-14-20/h8-13,15,20H,2-7,14H2,1H3,(H,27,28)/t20-/m1/s1. The van der Waals surface area contributed by atoms with Crippen LogP contribution in [0.15, 0.2) is 42.7 Å². The molecule has 2 aliphatic rings. The number of ether oxygens (including phenoxy) is 1. The van der Waals surface area contributed by atoms with E-state index in [0.29, 0.717) is 12.0 Å². The number of anilines is 3. The molecule has 0 bridgehead atoms. The first-order valence-corrected chi connectivity index (χ1v) is 10.9. The quantitative estimate of drug-likeness (QED) is 0.655. The monoisotopic (exact) mass is 440 g/mol. The summed E-state index contributed by atoms with van der Waals surface area (Å²) in [6.45, 7) is 7.77. The topological polar surface area (TPSA) is 58.5 Å². The molecule has 3 heterocycles. The molecule has 2 aliphatic heterocycles. The Balaban J connectivity index is 1.28. The molecular weight excluding hydrogens is 414 g/mol. The Morgan fingerprint density at radius 2 is 1.75 bits per heavy atom. The molecule has 1 aromatic heterocycles. The van der Waals surface area contributed by atoms with Crippen molar-refractivity contribution < 1.29 is 13.5 Å². The summed E-state index contributed by atoms with van der Waals surface area (Å²) in [7, 11) is 0. The van der Waals surface area contributed by atoms with Gasteiger partial charge in [-0.25, -0.2) is 13.5 Å². The van der Waals surface area contributed by atoms with Crippen LogP contribution < -0.4 is 10.2 Å². The molecule has 0 aliphatic carbocycles. The molecule has 7 nitrogen and oxygen atoms in total. The van der Waals surface area contributed by atoms with E-state index in [1.165, 1.54) is 23.1 Å². The summed E-state index contributed by atoms with van der Waals surface area (Å²) < 4.78 is 33.9. The summed E-state index contributed by atoms with van der Waals surface area (Å²) >= 11 is 0. The van der Waals surface area contributed by atoms with Gasteiger partial charge in [-0.2, -0.15) is 4.98 Å². The van der Waals surface area contributed by atoms with Crippen molar-refractivity contribution in [2.45, 2.75) is 19.4 Å². The molecule has 0 radical (unpaired) electrons. The summed E-state index contributed by atoms with van der Waals surface area (Å²) in [5, 5.41) is 7.53. The number of hydrogen-bond acceptors (Lipinski definition) is 6. The summed E-state index contributed by atoms with van der Waals surface area (Å²) in [5.41, 5.74) is 3.43. The van der Waals surface area contributed by atoms with E-state index in [9.17, 15) is 8.78 Å². The van der Waals surface area contributed by atoms with E-state index < -0.39 is 11.6 Å². The average Bonchev–Trinajstić information content (AvgIpc) is 3.45. The predicted octanol–water partition coefficient (Wildman–Crippen LogP) is 3.51. The summed E-state index contributed by atoms with van der Waals surface area (Å²) in [4.78, 5) is 9.16. The first kappa shape index (κ1) is 20.8. The number of halogens is 2. The van der Waals surface area contributed by atoms with E-state index in [1.54, 1.807) is 0 Å². The van der Waals surface area contributed by atoms with Crippen molar-refractivity contribution in [1.82, 2.24) is 19.7 Å². The molecule has 1 atom stereocenters. The van der Waals surface area contributed by atoms with Crippen LogP contribution in [0.1, 0.15) is 12.0 Å². The van der Waals surface area contributed by atoms with Crippen molar-refractivity contribution in [3.05, 3.63) is 59.9 Å². The fourth-order valence-electron chi connectivity index (χ4n) is 4.42. The second-order valence-corrected chi connectivity index (χ2v) is 8.36. The van der Waals surface area contributed by atoms with Crippen molar-refractivity contribution in [3.8, 4) is 5.69 Å². The SMILES string of the molecule is Cc1cc(Nc2ncn(-c3cc(F)cc(F)c3)n2)cc(N2CCN([C@@H]3CCOC3)CC2)c1. The first-order chi connectivity index (χ1) is 15.5. The van der Waals surface area contributed by atoms with Crippen LogP contribution in [0.4, 0.5) is 26.1 Å². The minimum Gasteiger partial charge on any atom is -0.380 e. The van der Waals surface area contributed by atoms with Gasteiger partial charge in [-0.15, -0.1) is 5.10 Å². The van der Waals surface area contributed by atoms with Gasteiger partial charge < -0.3 is 15.0 Å². The van der Waals surface area contributed by atoms with Gasteiger partial charge in [-0.3, -0.25) is 4.90 Å². The second kappa shape index (κ2) is 8.84. The predicted molar refractivity (Wildman–Crippen MR) is 119 cm³/mol. The van der Waals surface area contributed by atoms with Crippen molar-refractivity contribution in [1.29, 1.82) is 0 Å². The number of aryl methyl sites for hydroxylation is 1. The van der Waals surface area contributed by atoms with E-state index in [1.807, 2.05) is 6.07 Å². The number of nitrogens with one attached hydrogen (secondary N) is 1. The molecule has 0 unspecified atom stereocenters. The highest BCUT2D eigenvalue weighted by Crippen LogP contribution is 2.26. The molecular formula is C23H26F2N6O. The normalized spacial score (nSPS) is 19.5. The van der Waals surface area contributed by atoms with E-state index >= 15 is 0 Å². The zero-order chi connectivity index (χ0) is 22.1. The molecule has 1 N–H and O–H groups in total. The van der Waals surface area contributed by atoms with Crippen LogP contribution in [0.2, 0.25) is 0 Å². The molecule has 2 saturated heterocycles. The van der Waals surface area contributed by atoms with Crippen LogP contribution >= 0.6 is 0 Å². The molecule has 2 fully saturated rings. The van der Waals surface area contributed by atoms with Gasteiger partial charge in [-0.1, -0.05) is 0 Å². The van der Waals surface area contributed by atoms with Gasteiger partial charge >= 0.3 is 0 Å². The third kappa shape index (κ3) is 4.58. The van der Waals surface area contributed by atoms with Crippen molar-refractivity contribution in [3.63, 3.8) is 0 Å². The minimum atomic E-state index is -0.658. The fraction of sp³-hybridized carbons (Fsp3) is 0.391. The highest BCUT2D eigenvalue weighted by atomic mass is 19.1. The fourth-order valence-corrected chi connectivity index (χ4v) is 4.42. The maximum atomic E-state index is 13.5. The number of aromatic nitrogens is 3. The molecule has 168 valence electrons. The Bertz CT molecular complexity index is 1070. The van der Waals surface area contributed by atoms with Gasteiger partial charge in [0.15, 0.2) is 0 Å². The van der Waals surface area contributed by atoms with E-state index in [0.717, 1.165) is 68.8 Å². The minimum absolute atomic E-state index is 0.276. The van der Waals surface area contributed by atoms with Gasteiger partial charge in [0.05, 0.1) is 12.3 Å². The lowest BCUT2D eigenvalue weighted by atomic mass is 10.1. The Labute approximate surface area is 185 Å². The second-order valence-electron chi connectivity index (χ2n) is 8.36. The van der Waals surface area contributed by atoms with Crippen LogP contribution in [0, 0.1) is 18.6 Å². The lowest BCUT2D eigenvalue weighted by Gasteiger charge is -2.38. The molecule has 32 heavy (non-hydrogen) atoms. The van der Waals surface area contributed by atoms with Crippen LogP contribution in [0.25, 0.3) is 5.69 Å². The summed E-state index contributed by atoms with van der Waals surface area (Å²) in [6.07, 6.45) is 2.56. The van der Waals surface area contributed by atoms with E-state index in [-0.39, 0.29) is 5.69 Å². The largest absolute Gasteiger partial charge is 0.380 e. The van der Waals surface area contributed by atoms with Crippen molar-refractivity contribution >= 4 is 17.3 Å². The third-order valence-electron chi connectivity index (χ3n) is 6.02. The highest BCUT2D eigenvalue weighted by molar-refractivity contribution is 5.64. The third-order valence-corrected chi connectivity index (χ3v) is 6.02. The number of benzene rings is 2. The Kier molecular flexibility index (Phi) is 5.75. The first-order valence-electron chi connectivity index (χ1n) is 10.9. The smallest absolute Gasteiger partial charge is 0.246 e. The molecule has 3 aromatic rings. The molecule has 0 spiro atoms. The average molecular weight is 440 g/mol. The number of nitrogens with zero attached hydrogens (tertiary/aromatic N) is 5. The van der Waals surface area contributed by atoms with Crippen molar-refractivity contribution in [2.24, 2.45) is 0 Å². The van der Waals surface area contributed by atoms with Crippen molar-refractivity contribution in [2.75, 3.05) is 49.6 Å². The number of rotatable bonds is 5. The highest BCUT2D eigenvalue weighted by Gasteiger charge is 2.27. The van der Waals surface area contributed by atoms with Gasteiger partial charge in [0.2, 0.25) is 5.95 Å². The van der Waals surface area contributed by atoms with E-state index in [2.05, 4.69) is 44.3 Å². The van der Waals surface area contributed by atoms with Gasteiger partial charge in [0.25, 0.3) is 0 Å². The molecule has 2 aromatic carbocycles. The number of hydrogen-bond donors (Lipinski definition) is 1. The summed E-state index contributed by atoms with van der Waals surface area (Å²) in [6, 6.07) is 10.1. The van der Waals surface area contributed by atoms with Gasteiger partial charge in [0.1, 0.15) is 18.0 Å². The summed E-state index contributed by atoms with van der Waals surface area (Å²) in [5.74, 6) is -0.958. The Morgan fingerprint density at radius 1 is 0.969 bits per heavy atom. The van der Waals surface area contributed by atoms with Crippen LogP contribution in [-0.4, -0.2) is 65.1 Å². The number of piperazine rings is 1. The zero-order valence-electron chi connectivity index (χ0n) is 18.0. The molecule has 9 heteroatoms. The molecule has 5 rings (SSSR count). The van der Waals surface area contributed by atoms with Crippen LogP contribution in [0.3, 0.4) is 0 Å². The Morgan fingerprint density at radius 3 is 2.47 bits per heavy atom. The van der Waals surface area contributed by atoms with Gasteiger partial charge in [0, 0.05) is 56.3 Å². The Hall–Kier alpha value is -3.04. The lowest BCUT2D eigenvalue weighted by molar-refractivity contribution is 0.139. The molecule has 0 amide bonds. The zero-order valence-corrected chi connectivity index (χ0v) is 18.0. The maximum absolute atomic E-state index is 13.5. The van der Waals surface area contributed by atoms with Gasteiger partial charge in [-0.05, 0) is 49.2 Å².